The Morgan fingerprint density at radius 1 is 1.41 bits per heavy atom. The summed E-state index contributed by atoms with van der Waals surface area (Å²) in [4.78, 5) is 24.5. The van der Waals surface area contributed by atoms with E-state index >= 15 is 0 Å². The Morgan fingerprint density at radius 2 is 2.09 bits per heavy atom. The number of benzene rings is 1. The summed E-state index contributed by atoms with van der Waals surface area (Å²) in [6.07, 6.45) is 0.386. The number of esters is 2. The summed E-state index contributed by atoms with van der Waals surface area (Å²) in [5.74, 6) is 4.80. The van der Waals surface area contributed by atoms with E-state index in [1.165, 1.54) is 7.11 Å². The summed E-state index contributed by atoms with van der Waals surface area (Å²) in [5.41, 5.74) is -1.14. The van der Waals surface area contributed by atoms with E-state index in [1.54, 1.807) is 0 Å². The molecule has 0 spiro atoms. The zero-order chi connectivity index (χ0) is 16.2. The number of rotatable bonds is 3. The SMILES string of the molecule is COC(=O)C1(CC#Cc2ccccc2)CC(C)(CI)OC1=O. The highest BCUT2D eigenvalue weighted by Gasteiger charge is 2.59. The fourth-order valence-electron chi connectivity index (χ4n) is 2.52. The van der Waals surface area contributed by atoms with Crippen molar-refractivity contribution >= 4 is 34.5 Å². The van der Waals surface area contributed by atoms with Crippen molar-refractivity contribution < 1.29 is 19.1 Å². The third-order valence-electron chi connectivity index (χ3n) is 3.66. The fraction of sp³-hybridized carbons (Fsp3) is 0.412. The van der Waals surface area contributed by atoms with E-state index in [2.05, 4.69) is 34.4 Å². The van der Waals surface area contributed by atoms with Crippen LogP contribution < -0.4 is 0 Å². The molecule has 0 aliphatic carbocycles. The Labute approximate surface area is 143 Å². The molecule has 2 unspecified atom stereocenters. The van der Waals surface area contributed by atoms with Gasteiger partial charge in [0.2, 0.25) is 0 Å². The molecule has 1 aliphatic heterocycles. The third kappa shape index (κ3) is 3.27. The summed E-state index contributed by atoms with van der Waals surface area (Å²) in [6.45, 7) is 1.83. The molecule has 0 aromatic heterocycles. The minimum absolute atomic E-state index is 0.0969. The maximum atomic E-state index is 12.3. The molecule has 1 aromatic rings. The number of alkyl halides is 1. The summed E-state index contributed by atoms with van der Waals surface area (Å²) >= 11 is 2.15. The largest absolute Gasteiger partial charge is 0.468 e. The molecule has 116 valence electrons. The summed E-state index contributed by atoms with van der Waals surface area (Å²) < 4.78 is 10.9. The Hall–Kier alpha value is -1.55. The third-order valence-corrected chi connectivity index (χ3v) is 5.27. The molecular weight excluding hydrogens is 395 g/mol. The normalized spacial score (nSPS) is 26.8. The van der Waals surface area contributed by atoms with Gasteiger partial charge >= 0.3 is 11.9 Å². The van der Waals surface area contributed by atoms with Crippen LogP contribution >= 0.6 is 22.6 Å². The van der Waals surface area contributed by atoms with E-state index < -0.39 is 23.0 Å². The van der Waals surface area contributed by atoms with E-state index in [4.69, 9.17) is 9.47 Å². The molecule has 0 N–H and O–H groups in total. The Kier molecular flexibility index (Phi) is 5.12. The fourth-order valence-corrected chi connectivity index (χ4v) is 2.94. The van der Waals surface area contributed by atoms with Crippen LogP contribution in [0.1, 0.15) is 25.3 Å². The summed E-state index contributed by atoms with van der Waals surface area (Å²) in [7, 11) is 1.28. The Balaban J connectivity index is 2.27. The van der Waals surface area contributed by atoms with Crippen LogP contribution in [0.4, 0.5) is 0 Å². The first-order chi connectivity index (χ1) is 10.5. The molecule has 5 heteroatoms. The molecule has 4 nitrogen and oxygen atoms in total. The molecule has 0 amide bonds. The van der Waals surface area contributed by atoms with Crippen LogP contribution in [0, 0.1) is 17.3 Å². The van der Waals surface area contributed by atoms with Gasteiger partial charge in [-0.1, -0.05) is 52.6 Å². The first-order valence-corrected chi connectivity index (χ1v) is 8.40. The van der Waals surface area contributed by atoms with Gasteiger partial charge in [0.1, 0.15) is 5.60 Å². The van der Waals surface area contributed by atoms with E-state index in [9.17, 15) is 9.59 Å². The number of methoxy groups -OCH3 is 1. The van der Waals surface area contributed by atoms with Gasteiger partial charge in [-0.3, -0.25) is 9.59 Å². The van der Waals surface area contributed by atoms with Gasteiger partial charge in [0, 0.05) is 22.8 Å². The lowest BCUT2D eigenvalue weighted by Gasteiger charge is -2.21. The maximum absolute atomic E-state index is 12.3. The predicted molar refractivity (Wildman–Crippen MR) is 90.4 cm³/mol. The van der Waals surface area contributed by atoms with Crippen LogP contribution in [0.5, 0.6) is 0 Å². The molecule has 0 bridgehead atoms. The van der Waals surface area contributed by atoms with Crippen molar-refractivity contribution in [1.82, 2.24) is 0 Å². The van der Waals surface area contributed by atoms with Crippen LogP contribution in [-0.4, -0.2) is 29.1 Å². The second kappa shape index (κ2) is 6.69. The smallest absolute Gasteiger partial charge is 0.325 e. The lowest BCUT2D eigenvalue weighted by Crippen LogP contribution is -2.37. The topological polar surface area (TPSA) is 52.6 Å². The second-order valence-corrected chi connectivity index (χ2v) is 6.33. The number of hydrogen-bond acceptors (Lipinski definition) is 4. The molecule has 0 saturated carbocycles. The van der Waals surface area contributed by atoms with Crippen molar-refractivity contribution in [2.24, 2.45) is 5.41 Å². The van der Waals surface area contributed by atoms with Gasteiger partial charge < -0.3 is 9.47 Å². The predicted octanol–water partition coefficient (Wildman–Crippen LogP) is 2.73. The molecule has 1 fully saturated rings. The summed E-state index contributed by atoms with van der Waals surface area (Å²) in [6, 6.07) is 9.43. The molecule has 1 aliphatic rings. The molecule has 1 heterocycles. The minimum atomic E-state index is -1.32. The first kappa shape index (κ1) is 16.8. The van der Waals surface area contributed by atoms with Gasteiger partial charge in [0.05, 0.1) is 7.11 Å². The van der Waals surface area contributed by atoms with Crippen molar-refractivity contribution in [1.29, 1.82) is 0 Å². The molecule has 1 aromatic carbocycles. The van der Waals surface area contributed by atoms with E-state index in [0.717, 1.165) is 5.56 Å². The van der Waals surface area contributed by atoms with Crippen molar-refractivity contribution in [3.8, 4) is 11.8 Å². The highest BCUT2D eigenvalue weighted by Crippen LogP contribution is 2.44. The molecule has 2 atom stereocenters. The van der Waals surface area contributed by atoms with Gasteiger partial charge in [-0.2, -0.15) is 0 Å². The monoisotopic (exact) mass is 412 g/mol. The standard InChI is InChI=1S/C17H17IO4/c1-16(12-18)11-17(14(19)21-2,15(20)22-16)10-6-9-13-7-4-3-5-8-13/h3-5,7-8H,10-12H2,1-2H3. The molecule has 22 heavy (non-hydrogen) atoms. The van der Waals surface area contributed by atoms with Gasteiger partial charge in [0.25, 0.3) is 0 Å². The van der Waals surface area contributed by atoms with Crippen LogP contribution in [0.2, 0.25) is 0 Å². The Bertz CT molecular complexity index is 631. The quantitative estimate of drug-likeness (QED) is 0.252. The minimum Gasteiger partial charge on any atom is -0.468 e. The van der Waals surface area contributed by atoms with E-state index in [0.29, 0.717) is 4.43 Å². The summed E-state index contributed by atoms with van der Waals surface area (Å²) in [5, 5.41) is 0. The average Bonchev–Trinajstić information content (AvgIpc) is 2.80. The van der Waals surface area contributed by atoms with Crippen molar-refractivity contribution in [3.63, 3.8) is 0 Å². The van der Waals surface area contributed by atoms with Crippen molar-refractivity contribution in [2.75, 3.05) is 11.5 Å². The zero-order valence-electron chi connectivity index (χ0n) is 12.5. The van der Waals surface area contributed by atoms with Crippen LogP contribution in [-0.2, 0) is 19.1 Å². The van der Waals surface area contributed by atoms with Crippen LogP contribution in [0.15, 0.2) is 30.3 Å². The Morgan fingerprint density at radius 3 is 2.64 bits per heavy atom. The number of carbonyl (C=O) groups excluding carboxylic acids is 2. The maximum Gasteiger partial charge on any atom is 0.325 e. The molecule has 2 rings (SSSR count). The molecular formula is C17H17IO4. The van der Waals surface area contributed by atoms with Gasteiger partial charge in [0.15, 0.2) is 5.41 Å². The van der Waals surface area contributed by atoms with E-state index in [-0.39, 0.29) is 12.8 Å². The second-order valence-electron chi connectivity index (χ2n) is 5.57. The molecule has 1 saturated heterocycles. The van der Waals surface area contributed by atoms with Crippen molar-refractivity contribution in [2.45, 2.75) is 25.4 Å². The van der Waals surface area contributed by atoms with Gasteiger partial charge in [-0.25, -0.2) is 0 Å². The lowest BCUT2D eigenvalue weighted by atomic mass is 9.78. The number of hydrogen-bond donors (Lipinski definition) is 0. The van der Waals surface area contributed by atoms with Crippen LogP contribution in [0.3, 0.4) is 0 Å². The van der Waals surface area contributed by atoms with Gasteiger partial charge in [-0.15, -0.1) is 0 Å². The highest BCUT2D eigenvalue weighted by molar-refractivity contribution is 14.1. The number of ether oxygens (including phenoxy) is 2. The average molecular weight is 412 g/mol. The van der Waals surface area contributed by atoms with Crippen molar-refractivity contribution in [3.05, 3.63) is 35.9 Å². The molecule has 0 radical (unpaired) electrons. The van der Waals surface area contributed by atoms with Gasteiger partial charge in [-0.05, 0) is 19.1 Å². The number of carbonyl (C=O) groups is 2. The highest BCUT2D eigenvalue weighted by atomic mass is 127. The first-order valence-electron chi connectivity index (χ1n) is 6.87. The van der Waals surface area contributed by atoms with E-state index in [1.807, 2.05) is 37.3 Å². The lowest BCUT2D eigenvalue weighted by molar-refractivity contribution is -0.163. The van der Waals surface area contributed by atoms with Crippen LogP contribution in [0.25, 0.3) is 0 Å². The number of halogens is 1. The number of cyclic esters (lactones) is 1. The zero-order valence-corrected chi connectivity index (χ0v) is 14.7.